The van der Waals surface area contributed by atoms with Crippen LogP contribution in [0.25, 0.3) is 0 Å². The number of morpholine rings is 1. The van der Waals surface area contributed by atoms with Gasteiger partial charge in [0.2, 0.25) is 0 Å². The highest BCUT2D eigenvalue weighted by molar-refractivity contribution is 6.30. The zero-order chi connectivity index (χ0) is 17.2. The van der Waals surface area contributed by atoms with Crippen LogP contribution in [0.2, 0.25) is 5.02 Å². The van der Waals surface area contributed by atoms with E-state index < -0.39 is 11.7 Å². The number of hydrogen-bond donors (Lipinski definition) is 1. The van der Waals surface area contributed by atoms with Gasteiger partial charge in [0.15, 0.2) is 0 Å². The average molecular weight is 359 g/mol. The lowest BCUT2D eigenvalue weighted by atomic mass is 10.1. The van der Waals surface area contributed by atoms with Crippen LogP contribution in [0.4, 0.5) is 30.5 Å². The summed E-state index contributed by atoms with van der Waals surface area (Å²) in [6.45, 7) is 2.51. The summed E-state index contributed by atoms with van der Waals surface area (Å²) in [6.07, 6.45) is -3.20. The van der Waals surface area contributed by atoms with Gasteiger partial charge in [-0.05, 0) is 18.2 Å². The molecule has 0 bridgehead atoms. The highest BCUT2D eigenvalue weighted by Crippen LogP contribution is 2.37. The predicted molar refractivity (Wildman–Crippen MR) is 84.8 cm³/mol. The number of alkyl halides is 3. The van der Waals surface area contributed by atoms with Crippen LogP contribution in [0, 0.1) is 0 Å². The Bertz CT molecular complexity index is 720. The topological polar surface area (TPSA) is 50.3 Å². The number of benzene rings is 1. The molecule has 1 aliphatic heterocycles. The fourth-order valence-corrected chi connectivity index (χ4v) is 2.55. The van der Waals surface area contributed by atoms with E-state index in [1.165, 1.54) is 18.5 Å². The molecule has 24 heavy (non-hydrogen) atoms. The molecule has 0 unspecified atom stereocenters. The number of nitrogens with zero attached hydrogens (tertiary/aromatic N) is 3. The molecule has 2 aromatic rings. The number of hydrogen-bond acceptors (Lipinski definition) is 5. The number of anilines is 3. The van der Waals surface area contributed by atoms with Crippen molar-refractivity contribution >= 4 is 28.9 Å². The van der Waals surface area contributed by atoms with Crippen molar-refractivity contribution < 1.29 is 17.9 Å². The van der Waals surface area contributed by atoms with Crippen molar-refractivity contribution in [2.24, 2.45) is 0 Å². The molecule has 0 amide bonds. The molecular formula is C15H14ClF3N4O. The fourth-order valence-electron chi connectivity index (χ4n) is 2.38. The Morgan fingerprint density at radius 2 is 1.88 bits per heavy atom. The van der Waals surface area contributed by atoms with Gasteiger partial charge in [0.1, 0.15) is 18.0 Å². The molecule has 128 valence electrons. The van der Waals surface area contributed by atoms with E-state index in [2.05, 4.69) is 15.3 Å². The van der Waals surface area contributed by atoms with Gasteiger partial charge in [0.05, 0.1) is 24.5 Å². The molecule has 2 heterocycles. The van der Waals surface area contributed by atoms with Crippen LogP contribution in [0.5, 0.6) is 0 Å². The molecule has 0 atom stereocenters. The Morgan fingerprint density at radius 3 is 2.58 bits per heavy atom. The van der Waals surface area contributed by atoms with Crippen molar-refractivity contribution in [1.29, 1.82) is 0 Å². The maximum absolute atomic E-state index is 13.1. The minimum Gasteiger partial charge on any atom is -0.378 e. The molecule has 5 nitrogen and oxygen atoms in total. The van der Waals surface area contributed by atoms with Crippen molar-refractivity contribution in [3.8, 4) is 0 Å². The van der Waals surface area contributed by atoms with Crippen molar-refractivity contribution in [1.82, 2.24) is 9.97 Å². The van der Waals surface area contributed by atoms with Crippen LogP contribution >= 0.6 is 11.6 Å². The third-order valence-electron chi connectivity index (χ3n) is 3.54. The zero-order valence-electron chi connectivity index (χ0n) is 12.5. The Hall–Kier alpha value is -2.06. The van der Waals surface area contributed by atoms with Crippen molar-refractivity contribution in [2.45, 2.75) is 6.18 Å². The summed E-state index contributed by atoms with van der Waals surface area (Å²) in [5.41, 5.74) is -0.958. The van der Waals surface area contributed by atoms with E-state index in [0.717, 1.165) is 6.07 Å². The molecule has 1 aromatic carbocycles. The Labute approximate surface area is 141 Å². The minimum atomic E-state index is -4.52. The minimum absolute atomic E-state index is 0.0181. The fraction of sp³-hybridized carbons (Fsp3) is 0.333. The lowest BCUT2D eigenvalue weighted by molar-refractivity contribution is -0.136. The Balaban J connectivity index is 1.86. The number of halogens is 4. The normalized spacial score (nSPS) is 15.4. The molecule has 0 aliphatic carbocycles. The molecule has 1 aliphatic rings. The number of rotatable bonds is 3. The molecule has 9 heteroatoms. The second kappa shape index (κ2) is 6.82. The molecule has 0 spiro atoms. The van der Waals surface area contributed by atoms with Gasteiger partial charge >= 0.3 is 6.18 Å². The number of nitrogens with one attached hydrogen (secondary N) is 1. The standard InChI is InChI=1S/C15H14ClF3N4O/c16-10-1-2-12(11(7-10)15(17,18)19)22-13-8-14(21-9-20-13)23-3-5-24-6-4-23/h1-2,7-9H,3-6H2,(H,20,21,22). The molecule has 3 rings (SSSR count). The first-order valence-electron chi connectivity index (χ1n) is 7.22. The van der Waals surface area contributed by atoms with Crippen molar-refractivity contribution in [3.05, 3.63) is 41.2 Å². The Kier molecular flexibility index (Phi) is 4.77. The summed E-state index contributed by atoms with van der Waals surface area (Å²) in [4.78, 5) is 10.1. The summed E-state index contributed by atoms with van der Waals surface area (Å²) in [5.74, 6) is 0.914. The van der Waals surface area contributed by atoms with Gasteiger partial charge in [-0.25, -0.2) is 9.97 Å². The van der Waals surface area contributed by atoms with Gasteiger partial charge in [0.25, 0.3) is 0 Å². The van der Waals surface area contributed by atoms with Crippen molar-refractivity contribution in [3.63, 3.8) is 0 Å². The van der Waals surface area contributed by atoms with E-state index in [1.807, 2.05) is 4.90 Å². The van der Waals surface area contributed by atoms with Crippen LogP contribution in [0.3, 0.4) is 0 Å². The molecular weight excluding hydrogens is 345 g/mol. The summed E-state index contributed by atoms with van der Waals surface area (Å²) in [5, 5.41) is 2.72. The smallest absolute Gasteiger partial charge is 0.378 e. The molecule has 1 aromatic heterocycles. The summed E-state index contributed by atoms with van der Waals surface area (Å²) in [6, 6.07) is 5.17. The van der Waals surface area contributed by atoms with E-state index in [1.54, 1.807) is 6.07 Å². The van der Waals surface area contributed by atoms with Crippen molar-refractivity contribution in [2.75, 3.05) is 36.5 Å². The maximum Gasteiger partial charge on any atom is 0.418 e. The van der Waals surface area contributed by atoms with Crippen LogP contribution in [-0.2, 0) is 10.9 Å². The van der Waals surface area contributed by atoms with Gasteiger partial charge in [-0.1, -0.05) is 11.6 Å². The monoisotopic (exact) mass is 358 g/mol. The molecule has 0 radical (unpaired) electrons. The van der Waals surface area contributed by atoms with Gasteiger partial charge in [-0.2, -0.15) is 13.2 Å². The van der Waals surface area contributed by atoms with E-state index in [-0.39, 0.29) is 16.5 Å². The highest BCUT2D eigenvalue weighted by Gasteiger charge is 2.34. The first-order valence-corrected chi connectivity index (χ1v) is 7.60. The summed E-state index contributed by atoms with van der Waals surface area (Å²) < 4.78 is 44.7. The van der Waals surface area contributed by atoms with E-state index in [9.17, 15) is 13.2 Å². The Morgan fingerprint density at radius 1 is 1.12 bits per heavy atom. The highest BCUT2D eigenvalue weighted by atomic mass is 35.5. The predicted octanol–water partition coefficient (Wildman–Crippen LogP) is 3.73. The third kappa shape index (κ3) is 3.88. The van der Waals surface area contributed by atoms with E-state index in [0.29, 0.717) is 32.1 Å². The van der Waals surface area contributed by atoms with Crippen LogP contribution in [0.15, 0.2) is 30.6 Å². The first-order chi connectivity index (χ1) is 11.4. The molecule has 1 fully saturated rings. The van der Waals surface area contributed by atoms with Crippen LogP contribution in [0.1, 0.15) is 5.56 Å². The van der Waals surface area contributed by atoms with Gasteiger partial charge in [-0.3, -0.25) is 0 Å². The zero-order valence-corrected chi connectivity index (χ0v) is 13.2. The molecule has 0 saturated carbocycles. The van der Waals surface area contributed by atoms with Gasteiger partial charge < -0.3 is 15.0 Å². The first kappa shape index (κ1) is 16.8. The van der Waals surface area contributed by atoms with Crippen LogP contribution in [-0.4, -0.2) is 36.3 Å². The number of aromatic nitrogens is 2. The average Bonchev–Trinajstić information content (AvgIpc) is 2.57. The largest absolute Gasteiger partial charge is 0.418 e. The third-order valence-corrected chi connectivity index (χ3v) is 3.77. The molecule has 1 saturated heterocycles. The maximum atomic E-state index is 13.1. The van der Waals surface area contributed by atoms with E-state index in [4.69, 9.17) is 16.3 Å². The van der Waals surface area contributed by atoms with Gasteiger partial charge in [0, 0.05) is 24.2 Å². The van der Waals surface area contributed by atoms with Gasteiger partial charge in [-0.15, -0.1) is 0 Å². The second-order valence-electron chi connectivity index (χ2n) is 5.17. The summed E-state index contributed by atoms with van der Waals surface area (Å²) in [7, 11) is 0. The lowest BCUT2D eigenvalue weighted by Crippen LogP contribution is -2.36. The number of ether oxygens (including phenoxy) is 1. The van der Waals surface area contributed by atoms with Crippen LogP contribution < -0.4 is 10.2 Å². The summed E-state index contributed by atoms with van der Waals surface area (Å²) >= 11 is 5.68. The second-order valence-corrected chi connectivity index (χ2v) is 5.61. The SMILES string of the molecule is FC(F)(F)c1cc(Cl)ccc1Nc1cc(N2CCOCC2)ncn1. The van der Waals surface area contributed by atoms with E-state index >= 15 is 0 Å². The molecule has 1 N–H and O–H groups in total. The lowest BCUT2D eigenvalue weighted by Gasteiger charge is -2.27. The quantitative estimate of drug-likeness (QED) is 0.906.